The molecule has 1 unspecified atom stereocenters. The van der Waals surface area contributed by atoms with Crippen LogP contribution in [0.4, 0.5) is 0 Å². The Morgan fingerprint density at radius 1 is 1.03 bits per heavy atom. The molecule has 0 fully saturated rings. The highest BCUT2D eigenvalue weighted by Crippen LogP contribution is 2.30. The minimum Gasteiger partial charge on any atom is -0.351 e. The average molecular weight is 433 g/mol. The summed E-state index contributed by atoms with van der Waals surface area (Å²) in [4.78, 5) is 21.9. The first-order valence-electron chi connectivity index (χ1n) is 10.4. The second-order valence-electron chi connectivity index (χ2n) is 8.04. The lowest BCUT2D eigenvalue weighted by Gasteiger charge is -2.20. The summed E-state index contributed by atoms with van der Waals surface area (Å²) in [5.41, 5.74) is 2.55. The van der Waals surface area contributed by atoms with Crippen LogP contribution in [0, 0.1) is 5.92 Å². The maximum atomic E-state index is 13.3. The van der Waals surface area contributed by atoms with Crippen molar-refractivity contribution in [3.8, 4) is 5.95 Å². The van der Waals surface area contributed by atoms with E-state index in [4.69, 9.17) is 11.6 Å². The molecule has 1 atom stereocenters. The number of fused-ring (bicyclic) bond motifs is 1. The number of rotatable bonds is 7. The molecule has 4 aromatic rings. The van der Waals surface area contributed by atoms with Crippen molar-refractivity contribution in [1.82, 2.24) is 19.9 Å². The fourth-order valence-corrected chi connectivity index (χ4v) is 4.21. The molecule has 158 valence electrons. The van der Waals surface area contributed by atoms with Gasteiger partial charge in [0.25, 0.3) is 5.91 Å². The summed E-state index contributed by atoms with van der Waals surface area (Å²) >= 11 is 6.50. The van der Waals surface area contributed by atoms with Gasteiger partial charge in [-0.2, -0.15) is 0 Å². The van der Waals surface area contributed by atoms with Crippen molar-refractivity contribution in [2.75, 3.05) is 6.54 Å². The van der Waals surface area contributed by atoms with Crippen LogP contribution in [0.5, 0.6) is 0 Å². The number of carbonyl (C=O) groups is 1. The Hall–Kier alpha value is -3.18. The number of amides is 1. The van der Waals surface area contributed by atoms with Gasteiger partial charge in [0.05, 0.1) is 16.1 Å². The lowest BCUT2D eigenvalue weighted by Crippen LogP contribution is -2.29. The first-order valence-corrected chi connectivity index (χ1v) is 10.8. The zero-order valence-electron chi connectivity index (χ0n) is 17.6. The first-order chi connectivity index (χ1) is 15.0. The number of carbonyl (C=O) groups excluding carboxylic acids is 1. The van der Waals surface area contributed by atoms with Crippen LogP contribution in [0.3, 0.4) is 0 Å². The maximum Gasteiger partial charge on any atom is 0.253 e. The summed E-state index contributed by atoms with van der Waals surface area (Å²) in [5, 5.41) is 4.37. The fraction of sp³-hybridized carbons (Fsp3) is 0.240. The van der Waals surface area contributed by atoms with E-state index in [1.807, 2.05) is 30.3 Å². The van der Waals surface area contributed by atoms with E-state index in [0.717, 1.165) is 11.9 Å². The Morgan fingerprint density at radius 2 is 1.77 bits per heavy atom. The Balaban J connectivity index is 1.65. The van der Waals surface area contributed by atoms with E-state index in [2.05, 4.69) is 41.3 Å². The largest absolute Gasteiger partial charge is 0.351 e. The van der Waals surface area contributed by atoms with E-state index < -0.39 is 0 Å². The van der Waals surface area contributed by atoms with Gasteiger partial charge in [0.15, 0.2) is 0 Å². The minimum absolute atomic E-state index is 0.155. The van der Waals surface area contributed by atoms with Crippen molar-refractivity contribution < 1.29 is 4.79 Å². The Bertz CT molecular complexity index is 1170. The molecule has 0 saturated heterocycles. The molecule has 0 aliphatic heterocycles. The lowest BCUT2D eigenvalue weighted by molar-refractivity contribution is 0.0951. The van der Waals surface area contributed by atoms with Crippen LogP contribution in [0.25, 0.3) is 16.9 Å². The number of aromatic nitrogens is 3. The van der Waals surface area contributed by atoms with Crippen molar-refractivity contribution in [2.24, 2.45) is 5.92 Å². The lowest BCUT2D eigenvalue weighted by atomic mass is 9.90. The van der Waals surface area contributed by atoms with Crippen LogP contribution in [0.2, 0.25) is 5.02 Å². The van der Waals surface area contributed by atoms with Crippen molar-refractivity contribution in [1.29, 1.82) is 0 Å². The Labute approximate surface area is 187 Å². The van der Waals surface area contributed by atoms with Crippen molar-refractivity contribution in [2.45, 2.75) is 26.2 Å². The zero-order chi connectivity index (χ0) is 21.8. The SMILES string of the molecule is CC(C)CC(CNC(=O)c1cn(-c2ncccn2)c2cccc(Cl)c12)c1ccccc1. The molecule has 0 saturated carbocycles. The molecule has 0 spiro atoms. The molecule has 1 N–H and O–H groups in total. The molecule has 5 nitrogen and oxygen atoms in total. The van der Waals surface area contributed by atoms with Crippen LogP contribution >= 0.6 is 11.6 Å². The third-order valence-corrected chi connectivity index (χ3v) is 5.64. The smallest absolute Gasteiger partial charge is 0.253 e. The van der Waals surface area contributed by atoms with Crippen molar-refractivity contribution >= 4 is 28.4 Å². The number of benzene rings is 2. The van der Waals surface area contributed by atoms with E-state index in [1.54, 1.807) is 35.3 Å². The van der Waals surface area contributed by atoms with Gasteiger partial charge in [-0.1, -0.05) is 61.8 Å². The molecular formula is C25H25ClN4O. The van der Waals surface area contributed by atoms with Crippen molar-refractivity contribution in [3.63, 3.8) is 0 Å². The minimum atomic E-state index is -0.155. The van der Waals surface area contributed by atoms with Gasteiger partial charge in [-0.3, -0.25) is 9.36 Å². The topological polar surface area (TPSA) is 59.8 Å². The second kappa shape index (κ2) is 9.31. The quantitative estimate of drug-likeness (QED) is 0.411. The normalized spacial score (nSPS) is 12.3. The van der Waals surface area contributed by atoms with Gasteiger partial charge in [-0.25, -0.2) is 9.97 Å². The predicted molar refractivity (Wildman–Crippen MR) is 125 cm³/mol. The Kier molecular flexibility index (Phi) is 6.33. The summed E-state index contributed by atoms with van der Waals surface area (Å²) < 4.78 is 1.80. The molecule has 1 amide bonds. The molecule has 0 aliphatic rings. The summed E-state index contributed by atoms with van der Waals surface area (Å²) in [6, 6.07) is 17.7. The molecule has 2 aromatic heterocycles. The van der Waals surface area contributed by atoms with Crippen molar-refractivity contribution in [3.05, 3.63) is 89.3 Å². The highest BCUT2D eigenvalue weighted by molar-refractivity contribution is 6.37. The predicted octanol–water partition coefficient (Wildman–Crippen LogP) is 5.63. The van der Waals surface area contributed by atoms with E-state index in [1.165, 1.54) is 5.56 Å². The average Bonchev–Trinajstić information content (AvgIpc) is 3.18. The van der Waals surface area contributed by atoms with E-state index in [9.17, 15) is 4.79 Å². The standard InChI is InChI=1S/C25H25ClN4O/c1-17(2)14-19(18-8-4-3-5-9-18)15-29-24(31)20-16-30(25-27-12-7-13-28-25)22-11-6-10-21(26)23(20)22/h3-13,16-17,19H,14-15H2,1-2H3,(H,29,31). The molecule has 4 rings (SSSR count). The molecule has 0 radical (unpaired) electrons. The molecule has 0 aliphatic carbocycles. The van der Waals surface area contributed by atoms with Crippen LogP contribution in [0.15, 0.2) is 73.2 Å². The number of halogens is 1. The second-order valence-corrected chi connectivity index (χ2v) is 8.45. The third kappa shape index (κ3) is 4.62. The third-order valence-electron chi connectivity index (χ3n) is 5.33. The summed E-state index contributed by atoms with van der Waals surface area (Å²) in [7, 11) is 0. The van der Waals surface area contributed by atoms with Crippen LogP contribution < -0.4 is 5.32 Å². The summed E-state index contributed by atoms with van der Waals surface area (Å²) in [6.45, 7) is 4.95. The first kappa shape index (κ1) is 21.1. The van der Waals surface area contributed by atoms with E-state index in [-0.39, 0.29) is 11.8 Å². The molecule has 2 aromatic carbocycles. The summed E-state index contributed by atoms with van der Waals surface area (Å²) in [5.74, 6) is 1.10. The maximum absolute atomic E-state index is 13.3. The molecule has 0 bridgehead atoms. The van der Waals surface area contributed by atoms with Crippen LogP contribution in [-0.2, 0) is 0 Å². The highest BCUT2D eigenvalue weighted by atomic mass is 35.5. The number of nitrogens with one attached hydrogen (secondary N) is 1. The van der Waals surface area contributed by atoms with Crippen LogP contribution in [-0.4, -0.2) is 27.0 Å². The monoisotopic (exact) mass is 432 g/mol. The van der Waals surface area contributed by atoms with Gasteiger partial charge in [-0.15, -0.1) is 0 Å². The number of nitrogens with zero attached hydrogens (tertiary/aromatic N) is 3. The Morgan fingerprint density at radius 3 is 2.48 bits per heavy atom. The van der Waals surface area contributed by atoms with Gasteiger partial charge in [0.2, 0.25) is 5.95 Å². The van der Waals surface area contributed by atoms with Crippen LogP contribution in [0.1, 0.15) is 42.1 Å². The van der Waals surface area contributed by atoms with Gasteiger partial charge in [0, 0.05) is 36.4 Å². The van der Waals surface area contributed by atoms with Gasteiger partial charge < -0.3 is 5.32 Å². The fourth-order valence-electron chi connectivity index (χ4n) is 3.94. The zero-order valence-corrected chi connectivity index (χ0v) is 18.4. The van der Waals surface area contributed by atoms with E-state index in [0.29, 0.717) is 34.4 Å². The molecule has 2 heterocycles. The number of hydrogen-bond donors (Lipinski definition) is 1. The van der Waals surface area contributed by atoms with Gasteiger partial charge >= 0.3 is 0 Å². The number of hydrogen-bond acceptors (Lipinski definition) is 3. The van der Waals surface area contributed by atoms with Gasteiger partial charge in [-0.05, 0) is 36.1 Å². The van der Waals surface area contributed by atoms with E-state index >= 15 is 0 Å². The molecule has 6 heteroatoms. The summed E-state index contributed by atoms with van der Waals surface area (Å²) in [6.07, 6.45) is 6.11. The molecule has 31 heavy (non-hydrogen) atoms. The highest BCUT2D eigenvalue weighted by Gasteiger charge is 2.21. The van der Waals surface area contributed by atoms with Gasteiger partial charge in [0.1, 0.15) is 0 Å². The molecular weight excluding hydrogens is 408 g/mol.